The topological polar surface area (TPSA) is 361 Å². The number of carbonyl (C=O) groups is 1. The average Bonchev–Trinajstić information content (AvgIpc) is 2.98. The van der Waals surface area contributed by atoms with Crippen molar-refractivity contribution < 1.29 is 59.9 Å². The molecule has 0 aromatic heterocycles. The molecule has 2 unspecified atom stereocenters. The first-order valence-electron chi connectivity index (χ1n) is 14.3. The lowest BCUT2D eigenvalue weighted by Gasteiger charge is -2.52. The second kappa shape index (κ2) is 15.9. The van der Waals surface area contributed by atoms with E-state index in [-0.39, 0.29) is 26.1 Å². The van der Waals surface area contributed by atoms with Gasteiger partial charge in [0, 0.05) is 37.6 Å². The zero-order chi connectivity index (χ0) is 32.2. The maximum absolute atomic E-state index is 12.6. The van der Waals surface area contributed by atoms with Crippen LogP contribution in [0.1, 0.15) is 6.42 Å². The molecule has 43 heavy (non-hydrogen) atoms. The zero-order valence-electron chi connectivity index (χ0n) is 23.7. The van der Waals surface area contributed by atoms with Gasteiger partial charge in [0.2, 0.25) is 5.91 Å². The third-order valence-electron chi connectivity index (χ3n) is 8.43. The van der Waals surface area contributed by atoms with Gasteiger partial charge in [-0.25, -0.2) is 0 Å². The summed E-state index contributed by atoms with van der Waals surface area (Å²) in [6, 6.07) is -5.16. The van der Waals surface area contributed by atoms with Crippen LogP contribution in [0.15, 0.2) is 0 Å². The van der Waals surface area contributed by atoms with Crippen molar-refractivity contribution >= 4 is 5.91 Å². The summed E-state index contributed by atoms with van der Waals surface area (Å²) in [4.78, 5) is 12.6. The maximum Gasteiger partial charge on any atom is 0.250 e. The first-order valence-corrected chi connectivity index (χ1v) is 14.3. The van der Waals surface area contributed by atoms with Crippen molar-refractivity contribution in [2.45, 2.75) is 104 Å². The molecule has 2 aliphatic heterocycles. The summed E-state index contributed by atoms with van der Waals surface area (Å²) >= 11 is 0. The van der Waals surface area contributed by atoms with Gasteiger partial charge in [-0.2, -0.15) is 0 Å². The minimum absolute atomic E-state index is 0.00629. The standard InChI is InChI=1S/C24H49N7O12/c25-2-10(34)23(40)31-9-1-8(27)13(18(37)21(9)43-24-20(39)14(28)16(35)12(6-33)42-24)22-15(29)19(38)17(36)11(41-22)4-30-3-7(26)5-32/h7-22,24,30,32-39H,1-6,25-29H2,(H,31,40)/t7?,8-,9+,10-,11+,12+,13?,14-,15+,16+,17+,18-,19+,20+,21-,22+,24+/m0/s1. The van der Waals surface area contributed by atoms with Crippen molar-refractivity contribution in [1.29, 1.82) is 0 Å². The van der Waals surface area contributed by atoms with Gasteiger partial charge in [0.25, 0.3) is 0 Å². The summed E-state index contributed by atoms with van der Waals surface area (Å²) in [5.41, 5.74) is 29.7. The summed E-state index contributed by atoms with van der Waals surface area (Å²) in [7, 11) is 0. The van der Waals surface area contributed by atoms with E-state index >= 15 is 0 Å². The van der Waals surface area contributed by atoms with Crippen LogP contribution in [0.2, 0.25) is 0 Å². The third kappa shape index (κ3) is 8.15. The van der Waals surface area contributed by atoms with Crippen molar-refractivity contribution in [1.82, 2.24) is 10.6 Å². The molecule has 2 saturated heterocycles. The Morgan fingerprint density at radius 1 is 0.930 bits per heavy atom. The molecule has 2 heterocycles. The number of aliphatic hydroxyl groups is 8. The zero-order valence-corrected chi connectivity index (χ0v) is 23.7. The molecule has 3 rings (SSSR count). The number of carbonyl (C=O) groups excluding carboxylic acids is 1. The molecule has 20 N–H and O–H groups in total. The molecule has 0 aromatic rings. The number of amides is 1. The molecule has 0 spiro atoms. The molecule has 1 aliphatic carbocycles. The third-order valence-corrected chi connectivity index (χ3v) is 8.43. The molecule has 252 valence electrons. The van der Waals surface area contributed by atoms with Crippen molar-refractivity contribution in [2.24, 2.45) is 34.6 Å². The molecule has 3 fully saturated rings. The number of hydrogen-bond acceptors (Lipinski definition) is 18. The second-order valence-corrected chi connectivity index (χ2v) is 11.5. The van der Waals surface area contributed by atoms with Gasteiger partial charge in [0.1, 0.15) is 42.7 Å². The Balaban J connectivity index is 1.88. The van der Waals surface area contributed by atoms with E-state index in [0.29, 0.717) is 0 Å². The average molecular weight is 628 g/mol. The molecular formula is C24H49N7O12. The highest BCUT2D eigenvalue weighted by atomic mass is 16.7. The lowest BCUT2D eigenvalue weighted by Crippen LogP contribution is -2.72. The minimum Gasteiger partial charge on any atom is -0.395 e. The van der Waals surface area contributed by atoms with Gasteiger partial charge in [0.05, 0.1) is 49.7 Å². The first kappa shape index (κ1) is 36.3. The van der Waals surface area contributed by atoms with E-state index in [9.17, 15) is 40.5 Å². The van der Waals surface area contributed by atoms with Crippen LogP contribution < -0.4 is 39.3 Å². The SMILES string of the molecule is NC[C@H](O)C(=O)N[C@@H]1C[C@H](N)C([C@H]2O[C@H](CNCC(N)CO)[C@@H](O)[C@H](O)[C@H]2N)[C@H](O)[C@H]1O[C@H]1O[C@H](CO)[C@@H](O)[C@H](N)[C@H]1O. The summed E-state index contributed by atoms with van der Waals surface area (Å²) in [6.45, 7) is -1.20. The highest BCUT2D eigenvalue weighted by Gasteiger charge is 2.55. The number of ether oxygens (including phenoxy) is 3. The van der Waals surface area contributed by atoms with Crippen LogP contribution in [0.4, 0.5) is 0 Å². The Bertz CT molecular complexity index is 883. The van der Waals surface area contributed by atoms with Crippen molar-refractivity contribution in [3.63, 3.8) is 0 Å². The summed E-state index contributed by atoms with van der Waals surface area (Å²) in [5, 5.41) is 88.1. The van der Waals surface area contributed by atoms with Crippen molar-refractivity contribution in [2.75, 3.05) is 32.8 Å². The maximum atomic E-state index is 12.6. The Morgan fingerprint density at radius 3 is 2.21 bits per heavy atom. The summed E-state index contributed by atoms with van der Waals surface area (Å²) in [6.07, 6.45) is -15.7. The number of aliphatic hydroxyl groups excluding tert-OH is 8. The van der Waals surface area contributed by atoms with Gasteiger partial charge < -0.3 is 94.4 Å². The fraction of sp³-hybridized carbons (Fsp3) is 0.958. The fourth-order valence-corrected chi connectivity index (χ4v) is 5.82. The highest BCUT2D eigenvalue weighted by Crippen LogP contribution is 2.37. The molecule has 17 atom stereocenters. The minimum atomic E-state index is -1.63. The number of hydrogen-bond donors (Lipinski definition) is 15. The second-order valence-electron chi connectivity index (χ2n) is 11.5. The Hall–Kier alpha value is -1.21. The molecular weight excluding hydrogens is 578 g/mol. The van der Waals surface area contributed by atoms with Gasteiger partial charge in [0.15, 0.2) is 6.29 Å². The van der Waals surface area contributed by atoms with Gasteiger partial charge in [-0.15, -0.1) is 0 Å². The van der Waals surface area contributed by atoms with Gasteiger partial charge in [-0.1, -0.05) is 0 Å². The first-order chi connectivity index (χ1) is 20.3. The highest BCUT2D eigenvalue weighted by molar-refractivity contribution is 5.81. The summed E-state index contributed by atoms with van der Waals surface area (Å²) in [5.74, 6) is -1.97. The van der Waals surface area contributed by atoms with Crippen molar-refractivity contribution in [3.8, 4) is 0 Å². The molecule has 3 aliphatic rings. The van der Waals surface area contributed by atoms with E-state index in [4.69, 9.17) is 48.0 Å². The fourth-order valence-electron chi connectivity index (χ4n) is 5.82. The molecule has 19 nitrogen and oxygen atoms in total. The van der Waals surface area contributed by atoms with Crippen LogP contribution in [-0.2, 0) is 19.0 Å². The van der Waals surface area contributed by atoms with E-state index in [1.807, 2.05) is 0 Å². The molecule has 1 saturated carbocycles. The predicted molar refractivity (Wildman–Crippen MR) is 146 cm³/mol. The molecule has 19 heteroatoms. The summed E-state index contributed by atoms with van der Waals surface area (Å²) < 4.78 is 17.5. The van der Waals surface area contributed by atoms with E-state index in [1.54, 1.807) is 0 Å². The number of nitrogens with one attached hydrogen (secondary N) is 2. The quantitative estimate of drug-likeness (QED) is 0.0954. The molecule has 0 radical (unpaired) electrons. The van der Waals surface area contributed by atoms with Crippen LogP contribution in [-0.4, -0.2) is 177 Å². The van der Waals surface area contributed by atoms with Gasteiger partial charge in [-0.05, 0) is 6.42 Å². The van der Waals surface area contributed by atoms with E-state index in [0.717, 1.165) is 0 Å². The Labute approximate surface area is 248 Å². The van der Waals surface area contributed by atoms with E-state index in [2.05, 4.69) is 10.6 Å². The normalized spacial score (nSPS) is 45.4. The van der Waals surface area contributed by atoms with Crippen LogP contribution in [0.3, 0.4) is 0 Å². The van der Waals surface area contributed by atoms with E-state index in [1.165, 1.54) is 0 Å². The van der Waals surface area contributed by atoms with Crippen LogP contribution in [0.5, 0.6) is 0 Å². The molecule has 1 amide bonds. The Morgan fingerprint density at radius 2 is 1.60 bits per heavy atom. The van der Waals surface area contributed by atoms with Crippen LogP contribution in [0, 0.1) is 5.92 Å². The predicted octanol–water partition coefficient (Wildman–Crippen LogP) is -9.62. The van der Waals surface area contributed by atoms with E-state index < -0.39 is 123 Å². The number of rotatable bonds is 12. The largest absolute Gasteiger partial charge is 0.395 e. The van der Waals surface area contributed by atoms with Crippen molar-refractivity contribution in [3.05, 3.63) is 0 Å². The smallest absolute Gasteiger partial charge is 0.250 e. The van der Waals surface area contributed by atoms with Gasteiger partial charge >= 0.3 is 0 Å². The van der Waals surface area contributed by atoms with Crippen LogP contribution >= 0.6 is 0 Å². The molecule has 0 aromatic carbocycles. The Kier molecular flexibility index (Phi) is 13.4. The van der Waals surface area contributed by atoms with Gasteiger partial charge in [-0.3, -0.25) is 4.79 Å². The van der Waals surface area contributed by atoms with Crippen LogP contribution in [0.25, 0.3) is 0 Å². The monoisotopic (exact) mass is 627 g/mol. The lowest BCUT2D eigenvalue weighted by molar-refractivity contribution is -0.307. The lowest BCUT2D eigenvalue weighted by atomic mass is 9.71. The molecule has 0 bridgehead atoms. The number of nitrogens with two attached hydrogens (primary N) is 5.